The highest BCUT2D eigenvalue weighted by atomic mass is 16.5. The molecule has 0 aliphatic heterocycles. The van der Waals surface area contributed by atoms with Gasteiger partial charge in [-0.15, -0.1) is 0 Å². The average Bonchev–Trinajstić information content (AvgIpc) is 2.35. The maximum absolute atomic E-state index is 10.9. The Hall–Kier alpha value is -1.75. The van der Waals surface area contributed by atoms with Crippen LogP contribution in [0.4, 0.5) is 0 Å². The Kier molecular flexibility index (Phi) is 5.18. The summed E-state index contributed by atoms with van der Waals surface area (Å²) in [5.41, 5.74) is 7.70. The molecule has 0 heterocycles. The van der Waals surface area contributed by atoms with Crippen LogP contribution in [0.15, 0.2) is 12.1 Å². The van der Waals surface area contributed by atoms with Gasteiger partial charge in [0, 0.05) is 11.6 Å². The molecule has 106 valence electrons. The van der Waals surface area contributed by atoms with E-state index in [4.69, 9.17) is 20.3 Å². The van der Waals surface area contributed by atoms with Gasteiger partial charge in [-0.25, -0.2) is 0 Å². The fourth-order valence-corrected chi connectivity index (χ4v) is 2.14. The third kappa shape index (κ3) is 3.38. The van der Waals surface area contributed by atoms with Crippen LogP contribution in [-0.4, -0.2) is 25.3 Å². The highest BCUT2D eigenvalue weighted by Gasteiger charge is 2.23. The van der Waals surface area contributed by atoms with Crippen LogP contribution >= 0.6 is 0 Å². The zero-order valence-corrected chi connectivity index (χ0v) is 11.8. The number of carbonyl (C=O) groups is 1. The minimum absolute atomic E-state index is 0.150. The maximum Gasteiger partial charge on any atom is 0.305 e. The molecule has 0 aromatic heterocycles. The van der Waals surface area contributed by atoms with Crippen LogP contribution < -0.4 is 15.2 Å². The molecule has 1 atom stereocenters. The number of rotatable bonds is 6. The van der Waals surface area contributed by atoms with Gasteiger partial charge in [-0.1, -0.05) is 19.9 Å². The maximum atomic E-state index is 10.9. The van der Waals surface area contributed by atoms with E-state index in [0.717, 1.165) is 5.56 Å². The number of benzene rings is 1. The summed E-state index contributed by atoms with van der Waals surface area (Å²) >= 11 is 0. The zero-order valence-electron chi connectivity index (χ0n) is 11.8. The summed E-state index contributed by atoms with van der Waals surface area (Å²) in [5.74, 6) is 0.354. The molecule has 0 fully saturated rings. The Labute approximate surface area is 113 Å². The number of hydrogen-bond donors (Lipinski definition) is 2. The van der Waals surface area contributed by atoms with Crippen molar-refractivity contribution >= 4 is 5.97 Å². The lowest BCUT2D eigenvalue weighted by atomic mass is 9.90. The monoisotopic (exact) mass is 267 g/mol. The van der Waals surface area contributed by atoms with Crippen molar-refractivity contribution in [2.24, 2.45) is 5.73 Å². The fourth-order valence-electron chi connectivity index (χ4n) is 2.14. The van der Waals surface area contributed by atoms with Gasteiger partial charge in [0.25, 0.3) is 0 Å². The molecular weight excluding hydrogens is 246 g/mol. The van der Waals surface area contributed by atoms with Crippen molar-refractivity contribution in [3.05, 3.63) is 23.3 Å². The first-order valence-corrected chi connectivity index (χ1v) is 6.14. The molecule has 0 saturated carbocycles. The summed E-state index contributed by atoms with van der Waals surface area (Å²) in [6.07, 6.45) is -0.150. The number of carboxylic acid groups (broad SMARTS) is 1. The summed E-state index contributed by atoms with van der Waals surface area (Å²) in [7, 11) is 3.07. The van der Waals surface area contributed by atoms with Gasteiger partial charge in [-0.2, -0.15) is 0 Å². The van der Waals surface area contributed by atoms with Gasteiger partial charge in [0.2, 0.25) is 0 Å². The molecule has 0 bridgehead atoms. The Bertz CT molecular complexity index is 457. The van der Waals surface area contributed by atoms with Crippen LogP contribution in [0.3, 0.4) is 0 Å². The summed E-state index contributed by atoms with van der Waals surface area (Å²) in [6, 6.07) is 3.09. The highest BCUT2D eigenvalue weighted by molar-refractivity contribution is 5.69. The topological polar surface area (TPSA) is 81.8 Å². The lowest BCUT2D eigenvalue weighted by molar-refractivity contribution is -0.137. The van der Waals surface area contributed by atoms with Crippen LogP contribution in [0.1, 0.15) is 43.4 Å². The van der Waals surface area contributed by atoms with Crippen molar-refractivity contribution in [2.45, 2.75) is 32.2 Å². The minimum Gasteiger partial charge on any atom is -0.493 e. The summed E-state index contributed by atoms with van der Waals surface area (Å²) in [6.45, 7) is 4.05. The quantitative estimate of drug-likeness (QED) is 0.826. The van der Waals surface area contributed by atoms with E-state index < -0.39 is 12.0 Å². The number of hydrogen-bond acceptors (Lipinski definition) is 4. The van der Waals surface area contributed by atoms with E-state index in [2.05, 4.69) is 0 Å². The van der Waals surface area contributed by atoms with E-state index in [0.29, 0.717) is 17.1 Å². The molecule has 0 aliphatic rings. The van der Waals surface area contributed by atoms with Crippen LogP contribution in [0.25, 0.3) is 0 Å². The molecule has 5 heteroatoms. The second kappa shape index (κ2) is 6.43. The van der Waals surface area contributed by atoms with Crippen molar-refractivity contribution in [3.8, 4) is 11.5 Å². The van der Waals surface area contributed by atoms with Gasteiger partial charge >= 0.3 is 5.97 Å². The van der Waals surface area contributed by atoms with E-state index in [9.17, 15) is 4.79 Å². The molecule has 1 rings (SSSR count). The van der Waals surface area contributed by atoms with E-state index in [1.54, 1.807) is 7.11 Å². The van der Waals surface area contributed by atoms with Gasteiger partial charge in [0.15, 0.2) is 11.5 Å². The highest BCUT2D eigenvalue weighted by Crippen LogP contribution is 2.40. The van der Waals surface area contributed by atoms with Gasteiger partial charge in [0.05, 0.1) is 20.6 Å². The number of carboxylic acids is 1. The molecule has 0 radical (unpaired) electrons. The first-order valence-electron chi connectivity index (χ1n) is 6.14. The smallest absolute Gasteiger partial charge is 0.305 e. The van der Waals surface area contributed by atoms with Crippen LogP contribution in [0.5, 0.6) is 11.5 Å². The Balaban J connectivity index is 3.40. The van der Waals surface area contributed by atoms with Crippen molar-refractivity contribution in [2.75, 3.05) is 14.2 Å². The van der Waals surface area contributed by atoms with Crippen LogP contribution in [0, 0.1) is 0 Å². The predicted octanol–water partition coefficient (Wildman–Crippen LogP) is 2.30. The molecule has 0 aliphatic carbocycles. The average molecular weight is 267 g/mol. The van der Waals surface area contributed by atoms with Crippen molar-refractivity contribution < 1.29 is 19.4 Å². The zero-order chi connectivity index (χ0) is 14.6. The Morgan fingerprint density at radius 2 is 1.95 bits per heavy atom. The molecule has 1 aromatic rings. The molecule has 3 N–H and O–H groups in total. The lowest BCUT2D eigenvalue weighted by Gasteiger charge is -2.22. The van der Waals surface area contributed by atoms with Crippen LogP contribution in [0.2, 0.25) is 0 Å². The number of ether oxygens (including phenoxy) is 2. The van der Waals surface area contributed by atoms with Gasteiger partial charge in [-0.05, 0) is 17.5 Å². The van der Waals surface area contributed by atoms with E-state index in [1.807, 2.05) is 26.0 Å². The summed E-state index contributed by atoms with van der Waals surface area (Å²) in [4.78, 5) is 10.9. The first-order chi connectivity index (χ1) is 8.92. The molecular formula is C14H21NO4. The molecule has 1 unspecified atom stereocenters. The van der Waals surface area contributed by atoms with Crippen molar-refractivity contribution in [1.82, 2.24) is 0 Å². The molecule has 0 amide bonds. The predicted molar refractivity (Wildman–Crippen MR) is 72.8 cm³/mol. The van der Waals surface area contributed by atoms with Gasteiger partial charge in [0.1, 0.15) is 0 Å². The minimum atomic E-state index is -0.938. The van der Waals surface area contributed by atoms with E-state index in [1.165, 1.54) is 7.11 Å². The molecule has 0 spiro atoms. The fraction of sp³-hybridized carbons (Fsp3) is 0.500. The number of aliphatic carboxylic acids is 1. The standard InChI is InChI=1S/C14H21NO4/c1-8(2)9-5-6-11(18-3)14(19-4)13(9)10(15)7-12(16)17/h5-6,8,10H,7,15H2,1-4H3,(H,16,17). The van der Waals surface area contributed by atoms with E-state index in [-0.39, 0.29) is 12.3 Å². The molecule has 1 aromatic carbocycles. The normalized spacial score (nSPS) is 12.3. The van der Waals surface area contributed by atoms with Gasteiger partial charge < -0.3 is 20.3 Å². The third-order valence-electron chi connectivity index (χ3n) is 3.01. The second-order valence-electron chi connectivity index (χ2n) is 4.66. The van der Waals surface area contributed by atoms with Crippen molar-refractivity contribution in [1.29, 1.82) is 0 Å². The summed E-state index contributed by atoms with van der Waals surface area (Å²) in [5, 5.41) is 8.91. The number of nitrogens with two attached hydrogens (primary N) is 1. The Morgan fingerprint density at radius 3 is 2.37 bits per heavy atom. The van der Waals surface area contributed by atoms with Crippen molar-refractivity contribution in [3.63, 3.8) is 0 Å². The lowest BCUT2D eigenvalue weighted by Crippen LogP contribution is -2.18. The largest absolute Gasteiger partial charge is 0.493 e. The molecule has 19 heavy (non-hydrogen) atoms. The first kappa shape index (κ1) is 15.3. The summed E-state index contributed by atoms with van der Waals surface area (Å²) < 4.78 is 10.6. The van der Waals surface area contributed by atoms with Gasteiger partial charge in [-0.3, -0.25) is 4.79 Å². The number of methoxy groups -OCH3 is 2. The van der Waals surface area contributed by atoms with E-state index >= 15 is 0 Å². The Morgan fingerprint density at radius 1 is 1.32 bits per heavy atom. The van der Waals surface area contributed by atoms with Crippen LogP contribution in [-0.2, 0) is 4.79 Å². The third-order valence-corrected chi connectivity index (χ3v) is 3.01. The second-order valence-corrected chi connectivity index (χ2v) is 4.66. The SMILES string of the molecule is COc1ccc(C(C)C)c(C(N)CC(=O)O)c1OC. The molecule has 0 saturated heterocycles. The molecule has 5 nitrogen and oxygen atoms in total.